The number of sulfonamides is 1. The molecule has 0 aliphatic heterocycles. The van der Waals surface area contributed by atoms with Crippen molar-refractivity contribution in [1.82, 2.24) is 4.72 Å². The van der Waals surface area contributed by atoms with Crippen LogP contribution in [0.2, 0.25) is 0 Å². The van der Waals surface area contributed by atoms with E-state index < -0.39 is 15.9 Å². The number of aryl methyl sites for hydroxylation is 2. The summed E-state index contributed by atoms with van der Waals surface area (Å²) < 4.78 is 31.9. The van der Waals surface area contributed by atoms with Gasteiger partial charge in [0, 0.05) is 20.1 Å². The lowest BCUT2D eigenvalue weighted by molar-refractivity contribution is -0.119. The Hall–Kier alpha value is -1.40. The maximum absolute atomic E-state index is 12.5. The molecule has 0 spiro atoms. The molecule has 5 nitrogen and oxygen atoms in total. The first-order valence-electron chi connectivity index (χ1n) is 6.82. The van der Waals surface area contributed by atoms with Crippen molar-refractivity contribution < 1.29 is 17.9 Å². The average Bonchev–Trinajstić information content (AvgIpc) is 2.36. The van der Waals surface area contributed by atoms with Crippen LogP contribution in [0.4, 0.5) is 0 Å². The molecule has 0 aliphatic rings. The number of nitrogens with one attached hydrogen (secondary N) is 1. The Kier molecular flexibility index (Phi) is 5.92. The van der Waals surface area contributed by atoms with Crippen LogP contribution in [0.25, 0.3) is 0 Å². The molecular weight excluding hydrogens is 290 g/mol. The van der Waals surface area contributed by atoms with Crippen LogP contribution in [0.5, 0.6) is 0 Å². The Bertz CT molecular complexity index is 609. The topological polar surface area (TPSA) is 72.5 Å². The number of hydrogen-bond donors (Lipinski definition) is 1. The average molecular weight is 313 g/mol. The number of hydrogen-bond acceptors (Lipinski definition) is 4. The third-order valence-electron chi connectivity index (χ3n) is 3.57. The fraction of sp³-hybridized carbons (Fsp3) is 0.533. The van der Waals surface area contributed by atoms with Crippen molar-refractivity contribution in [2.45, 2.75) is 45.4 Å². The van der Waals surface area contributed by atoms with Gasteiger partial charge in [0.05, 0.1) is 4.90 Å². The number of benzene rings is 1. The molecule has 1 N–H and O–H groups in total. The van der Waals surface area contributed by atoms with E-state index in [2.05, 4.69) is 4.72 Å². The van der Waals surface area contributed by atoms with Crippen molar-refractivity contribution >= 4 is 15.9 Å². The Balaban J connectivity index is 3.07. The molecule has 21 heavy (non-hydrogen) atoms. The Morgan fingerprint density at radius 1 is 1.14 bits per heavy atom. The third-order valence-corrected chi connectivity index (χ3v) is 5.21. The molecule has 6 heteroatoms. The van der Waals surface area contributed by atoms with Gasteiger partial charge in [0.2, 0.25) is 5.91 Å². The minimum atomic E-state index is -3.84. The van der Waals surface area contributed by atoms with E-state index in [0.717, 1.165) is 11.1 Å². The number of carbonyl (C=O) groups excluding carboxylic acids is 1. The summed E-state index contributed by atoms with van der Waals surface area (Å²) in [5, 5.41) is 0. The highest BCUT2D eigenvalue weighted by molar-refractivity contribution is 7.90. The SMILES string of the molecule is COCCCC(=O)NS(=O)(=O)c1c(C)c(C)cc(C)c1C. The first-order chi connectivity index (χ1) is 9.70. The lowest BCUT2D eigenvalue weighted by atomic mass is 10.0. The molecule has 0 aliphatic carbocycles. The number of methoxy groups -OCH3 is 1. The first kappa shape index (κ1) is 17.7. The van der Waals surface area contributed by atoms with Crippen molar-refractivity contribution in [3.63, 3.8) is 0 Å². The van der Waals surface area contributed by atoms with Crippen LogP contribution in [-0.2, 0) is 19.6 Å². The normalized spacial score (nSPS) is 11.5. The van der Waals surface area contributed by atoms with Crippen LogP contribution >= 0.6 is 0 Å². The smallest absolute Gasteiger partial charge is 0.264 e. The summed E-state index contributed by atoms with van der Waals surface area (Å²) >= 11 is 0. The molecule has 0 aromatic heterocycles. The predicted molar refractivity (Wildman–Crippen MR) is 81.8 cm³/mol. The van der Waals surface area contributed by atoms with Gasteiger partial charge in [-0.1, -0.05) is 6.07 Å². The minimum Gasteiger partial charge on any atom is -0.385 e. The Morgan fingerprint density at radius 3 is 2.14 bits per heavy atom. The number of amides is 1. The molecule has 0 atom stereocenters. The predicted octanol–water partition coefficient (Wildman–Crippen LogP) is 2.15. The molecule has 0 saturated carbocycles. The van der Waals surface area contributed by atoms with Gasteiger partial charge in [-0.15, -0.1) is 0 Å². The number of ether oxygens (including phenoxy) is 1. The van der Waals surface area contributed by atoms with Crippen LogP contribution < -0.4 is 4.72 Å². The highest BCUT2D eigenvalue weighted by Gasteiger charge is 2.23. The van der Waals surface area contributed by atoms with Gasteiger partial charge in [-0.2, -0.15) is 0 Å². The van der Waals surface area contributed by atoms with E-state index in [1.807, 2.05) is 19.9 Å². The van der Waals surface area contributed by atoms with Crippen molar-refractivity contribution in [2.24, 2.45) is 0 Å². The largest absolute Gasteiger partial charge is 0.385 e. The quantitative estimate of drug-likeness (QED) is 0.817. The Morgan fingerprint density at radius 2 is 1.67 bits per heavy atom. The monoisotopic (exact) mass is 313 g/mol. The lowest BCUT2D eigenvalue weighted by Crippen LogP contribution is -2.31. The highest BCUT2D eigenvalue weighted by Crippen LogP contribution is 2.25. The molecule has 0 heterocycles. The first-order valence-corrected chi connectivity index (χ1v) is 8.31. The molecular formula is C15H23NO4S. The zero-order valence-electron chi connectivity index (χ0n) is 13.2. The lowest BCUT2D eigenvalue weighted by Gasteiger charge is -2.16. The summed E-state index contributed by atoms with van der Waals surface area (Å²) in [7, 11) is -2.30. The summed E-state index contributed by atoms with van der Waals surface area (Å²) in [6, 6.07) is 1.95. The van der Waals surface area contributed by atoms with Crippen molar-refractivity contribution in [3.8, 4) is 0 Å². The van der Waals surface area contributed by atoms with Crippen LogP contribution in [0, 0.1) is 27.7 Å². The fourth-order valence-electron chi connectivity index (χ4n) is 2.21. The van der Waals surface area contributed by atoms with Crippen molar-refractivity contribution in [2.75, 3.05) is 13.7 Å². The van der Waals surface area contributed by atoms with Crippen molar-refractivity contribution in [1.29, 1.82) is 0 Å². The van der Waals surface area contributed by atoms with Gasteiger partial charge < -0.3 is 4.74 Å². The molecule has 1 amide bonds. The van der Waals surface area contributed by atoms with E-state index in [1.165, 1.54) is 7.11 Å². The number of carbonyl (C=O) groups is 1. The summed E-state index contributed by atoms with van der Waals surface area (Å²) in [6.07, 6.45) is 0.610. The zero-order chi connectivity index (χ0) is 16.2. The van der Waals surface area contributed by atoms with E-state index in [0.29, 0.717) is 24.2 Å². The summed E-state index contributed by atoms with van der Waals surface area (Å²) in [4.78, 5) is 12.0. The van der Waals surface area contributed by atoms with Crippen LogP contribution in [0.15, 0.2) is 11.0 Å². The fourth-order valence-corrected chi connectivity index (χ4v) is 3.84. The highest BCUT2D eigenvalue weighted by atomic mass is 32.2. The summed E-state index contributed by atoms with van der Waals surface area (Å²) in [6.45, 7) is 7.66. The van der Waals surface area contributed by atoms with Gasteiger partial charge in [0.1, 0.15) is 0 Å². The van der Waals surface area contributed by atoms with Gasteiger partial charge in [0.25, 0.3) is 10.0 Å². The molecule has 1 aromatic rings. The van der Waals surface area contributed by atoms with Gasteiger partial charge in [0.15, 0.2) is 0 Å². The second-order valence-electron chi connectivity index (χ2n) is 5.21. The van der Waals surface area contributed by atoms with E-state index in [9.17, 15) is 13.2 Å². The molecule has 118 valence electrons. The second kappa shape index (κ2) is 7.04. The van der Waals surface area contributed by atoms with Gasteiger partial charge in [-0.25, -0.2) is 13.1 Å². The molecule has 0 unspecified atom stereocenters. The standard InChI is InChI=1S/C15H23NO4S/c1-10-9-11(2)13(4)15(12(10)3)21(18,19)16-14(17)7-6-8-20-5/h9H,6-8H2,1-5H3,(H,16,17). The Labute approximate surface area is 126 Å². The third kappa shape index (κ3) is 4.28. The minimum absolute atomic E-state index is 0.121. The van der Waals surface area contributed by atoms with E-state index in [-0.39, 0.29) is 11.3 Å². The van der Waals surface area contributed by atoms with E-state index in [1.54, 1.807) is 13.8 Å². The molecule has 1 aromatic carbocycles. The second-order valence-corrected chi connectivity index (χ2v) is 6.83. The number of rotatable bonds is 6. The molecule has 0 radical (unpaired) electrons. The van der Waals surface area contributed by atoms with E-state index >= 15 is 0 Å². The van der Waals surface area contributed by atoms with Gasteiger partial charge in [-0.3, -0.25) is 4.79 Å². The van der Waals surface area contributed by atoms with Gasteiger partial charge >= 0.3 is 0 Å². The van der Waals surface area contributed by atoms with Crippen LogP contribution in [0.1, 0.15) is 35.1 Å². The maximum Gasteiger partial charge on any atom is 0.264 e. The molecule has 0 fully saturated rings. The molecule has 0 saturated heterocycles. The van der Waals surface area contributed by atoms with Gasteiger partial charge in [-0.05, 0) is 56.4 Å². The zero-order valence-corrected chi connectivity index (χ0v) is 14.1. The maximum atomic E-state index is 12.5. The summed E-state index contributed by atoms with van der Waals surface area (Å²) in [5.41, 5.74) is 3.14. The molecule has 0 bridgehead atoms. The molecule has 1 rings (SSSR count). The van der Waals surface area contributed by atoms with Crippen molar-refractivity contribution in [3.05, 3.63) is 28.3 Å². The summed E-state index contributed by atoms with van der Waals surface area (Å²) in [5.74, 6) is -0.509. The van der Waals surface area contributed by atoms with Crippen LogP contribution in [-0.4, -0.2) is 28.0 Å². The van der Waals surface area contributed by atoms with E-state index in [4.69, 9.17) is 4.74 Å². The van der Waals surface area contributed by atoms with Crippen LogP contribution in [0.3, 0.4) is 0 Å².